The van der Waals surface area contributed by atoms with Crippen LogP contribution in [0.15, 0.2) is 24.3 Å². The summed E-state index contributed by atoms with van der Waals surface area (Å²) in [6, 6.07) is 3.95. The first kappa shape index (κ1) is 15.5. The van der Waals surface area contributed by atoms with Gasteiger partial charge in [0.25, 0.3) is 0 Å². The molecule has 1 aromatic carbocycles. The quantitative estimate of drug-likeness (QED) is 0.487. The van der Waals surface area contributed by atoms with E-state index in [2.05, 4.69) is 0 Å². The number of hydrogen-bond acceptors (Lipinski definition) is 5. The van der Waals surface area contributed by atoms with Gasteiger partial charge in [0.2, 0.25) is 0 Å². The molecule has 0 bridgehead atoms. The van der Waals surface area contributed by atoms with E-state index in [0.29, 0.717) is 5.56 Å². The minimum atomic E-state index is -2.39. The topological polar surface area (TPSA) is 135 Å². The zero-order valence-electron chi connectivity index (χ0n) is 10.4. The van der Waals surface area contributed by atoms with Gasteiger partial charge in [0.15, 0.2) is 17.1 Å². The Morgan fingerprint density at radius 3 is 2.30 bits per heavy atom. The van der Waals surface area contributed by atoms with Crippen molar-refractivity contribution in [2.45, 2.75) is 18.4 Å². The van der Waals surface area contributed by atoms with Crippen LogP contribution >= 0.6 is 0 Å². The second-order valence-corrected chi connectivity index (χ2v) is 4.26. The smallest absolute Gasteiger partial charge is 0.336 e. The van der Waals surface area contributed by atoms with Gasteiger partial charge in [0.05, 0.1) is 6.42 Å². The van der Waals surface area contributed by atoms with E-state index in [1.165, 1.54) is 30.4 Å². The van der Waals surface area contributed by atoms with Crippen LogP contribution in [0.2, 0.25) is 0 Å². The number of hydrogen-bond donors (Lipinski definition) is 5. The second-order valence-electron chi connectivity index (χ2n) is 4.26. The van der Waals surface area contributed by atoms with E-state index < -0.39 is 30.4 Å². The molecule has 0 saturated carbocycles. The van der Waals surface area contributed by atoms with Gasteiger partial charge in [-0.2, -0.15) is 0 Å². The van der Waals surface area contributed by atoms with Crippen molar-refractivity contribution in [1.82, 2.24) is 0 Å². The molecule has 7 heteroatoms. The van der Waals surface area contributed by atoms with Crippen LogP contribution in [-0.4, -0.2) is 43.1 Å². The van der Waals surface area contributed by atoms with Crippen molar-refractivity contribution >= 4 is 18.0 Å². The fourth-order valence-electron chi connectivity index (χ4n) is 1.52. The Kier molecular flexibility index (Phi) is 4.71. The van der Waals surface area contributed by atoms with Gasteiger partial charge in [-0.15, -0.1) is 0 Å². The number of aliphatic carboxylic acids is 2. The van der Waals surface area contributed by atoms with E-state index in [-0.39, 0.29) is 11.5 Å². The third kappa shape index (κ3) is 3.99. The molecule has 1 atom stereocenters. The summed E-state index contributed by atoms with van der Waals surface area (Å²) < 4.78 is 0. The van der Waals surface area contributed by atoms with Crippen LogP contribution in [0, 0.1) is 0 Å². The van der Waals surface area contributed by atoms with Gasteiger partial charge < -0.3 is 25.5 Å². The van der Waals surface area contributed by atoms with E-state index >= 15 is 0 Å². The molecule has 1 aromatic rings. The van der Waals surface area contributed by atoms with Gasteiger partial charge in [0, 0.05) is 6.42 Å². The molecule has 0 heterocycles. The summed E-state index contributed by atoms with van der Waals surface area (Å²) >= 11 is 0. The average Bonchev–Trinajstić information content (AvgIpc) is 2.32. The van der Waals surface area contributed by atoms with Crippen LogP contribution in [0.1, 0.15) is 18.4 Å². The Labute approximate surface area is 114 Å². The molecule has 0 aliphatic heterocycles. The highest BCUT2D eigenvalue weighted by Crippen LogP contribution is 2.26. The van der Waals surface area contributed by atoms with Crippen LogP contribution in [0.5, 0.6) is 11.5 Å². The normalized spacial score (nSPS) is 14.1. The zero-order chi connectivity index (χ0) is 15.3. The SMILES string of the molecule is O=C(O)CC(O)(C/C=C/c1ccc(O)c(O)c1)C(=O)O. The lowest BCUT2D eigenvalue weighted by molar-refractivity contribution is -0.164. The molecule has 0 aromatic heterocycles. The Balaban J connectivity index is 2.81. The number of benzene rings is 1. The van der Waals surface area contributed by atoms with E-state index in [1.54, 1.807) is 0 Å². The minimum absolute atomic E-state index is 0.296. The van der Waals surface area contributed by atoms with Gasteiger partial charge >= 0.3 is 11.9 Å². The molecule has 7 nitrogen and oxygen atoms in total. The molecule has 0 aliphatic carbocycles. The molecule has 0 spiro atoms. The first-order chi connectivity index (χ1) is 9.24. The predicted octanol–water partition coefficient (Wildman–Crippen LogP) is 0.791. The highest BCUT2D eigenvalue weighted by atomic mass is 16.4. The average molecular weight is 282 g/mol. The Morgan fingerprint density at radius 1 is 1.15 bits per heavy atom. The third-order valence-corrected chi connectivity index (χ3v) is 2.61. The van der Waals surface area contributed by atoms with Crippen LogP contribution in [0.3, 0.4) is 0 Å². The van der Waals surface area contributed by atoms with E-state index in [1.807, 2.05) is 0 Å². The van der Waals surface area contributed by atoms with Crippen molar-refractivity contribution in [2.24, 2.45) is 0 Å². The predicted molar refractivity (Wildman–Crippen MR) is 68.3 cm³/mol. The van der Waals surface area contributed by atoms with Gasteiger partial charge in [-0.1, -0.05) is 18.2 Å². The standard InChI is InChI=1S/C13H14O7/c14-9-4-3-8(6-10(9)15)2-1-5-13(20,12(18)19)7-11(16)17/h1-4,6,14-15,20H,5,7H2,(H,16,17)(H,18,19)/b2-1+. The molecule has 20 heavy (non-hydrogen) atoms. The van der Waals surface area contributed by atoms with Crippen molar-refractivity contribution in [3.63, 3.8) is 0 Å². The molecule has 0 amide bonds. The molecule has 1 rings (SSSR count). The molecular weight excluding hydrogens is 268 g/mol. The summed E-state index contributed by atoms with van der Waals surface area (Å²) in [4.78, 5) is 21.4. The van der Waals surface area contributed by atoms with Crippen molar-refractivity contribution in [3.8, 4) is 11.5 Å². The summed E-state index contributed by atoms with van der Waals surface area (Å²) in [5, 5.41) is 45.5. The molecule has 0 saturated heterocycles. The number of aliphatic hydroxyl groups is 1. The Hall–Kier alpha value is -2.54. The molecular formula is C13H14O7. The lowest BCUT2D eigenvalue weighted by Crippen LogP contribution is -2.40. The number of carboxylic acids is 2. The summed E-state index contributed by atoms with van der Waals surface area (Å²) in [6.07, 6.45) is 1.35. The second kappa shape index (κ2) is 6.07. The lowest BCUT2D eigenvalue weighted by Gasteiger charge is -2.19. The largest absolute Gasteiger partial charge is 0.504 e. The number of rotatable bonds is 6. The molecule has 108 valence electrons. The third-order valence-electron chi connectivity index (χ3n) is 2.61. The van der Waals surface area contributed by atoms with Crippen LogP contribution in [0.25, 0.3) is 6.08 Å². The number of carbonyl (C=O) groups is 2. The fourth-order valence-corrected chi connectivity index (χ4v) is 1.52. The Bertz CT molecular complexity index is 550. The van der Waals surface area contributed by atoms with Crippen molar-refractivity contribution < 1.29 is 35.1 Å². The van der Waals surface area contributed by atoms with Gasteiger partial charge in [-0.3, -0.25) is 4.79 Å². The Morgan fingerprint density at radius 2 is 1.80 bits per heavy atom. The van der Waals surface area contributed by atoms with Crippen molar-refractivity contribution in [3.05, 3.63) is 29.8 Å². The van der Waals surface area contributed by atoms with E-state index in [4.69, 9.17) is 15.3 Å². The van der Waals surface area contributed by atoms with E-state index in [0.717, 1.165) is 0 Å². The molecule has 0 fully saturated rings. The molecule has 0 radical (unpaired) electrons. The summed E-state index contributed by atoms with van der Waals surface area (Å²) in [5.41, 5.74) is -1.93. The number of phenols is 2. The van der Waals surface area contributed by atoms with Crippen molar-refractivity contribution in [2.75, 3.05) is 0 Å². The monoisotopic (exact) mass is 282 g/mol. The van der Waals surface area contributed by atoms with E-state index in [9.17, 15) is 19.8 Å². The highest BCUT2D eigenvalue weighted by molar-refractivity contribution is 5.84. The highest BCUT2D eigenvalue weighted by Gasteiger charge is 2.37. The zero-order valence-corrected chi connectivity index (χ0v) is 10.4. The summed E-state index contributed by atoms with van der Waals surface area (Å²) in [6.45, 7) is 0. The fraction of sp³-hybridized carbons (Fsp3) is 0.231. The molecule has 5 N–H and O–H groups in total. The first-order valence-electron chi connectivity index (χ1n) is 5.61. The molecule has 0 aliphatic rings. The maximum atomic E-state index is 10.9. The van der Waals surface area contributed by atoms with Crippen LogP contribution in [0.4, 0.5) is 0 Å². The number of carboxylic acid groups (broad SMARTS) is 2. The first-order valence-corrected chi connectivity index (χ1v) is 5.61. The minimum Gasteiger partial charge on any atom is -0.504 e. The van der Waals surface area contributed by atoms with Crippen LogP contribution < -0.4 is 0 Å². The van der Waals surface area contributed by atoms with Crippen molar-refractivity contribution in [1.29, 1.82) is 0 Å². The van der Waals surface area contributed by atoms with Gasteiger partial charge in [-0.25, -0.2) is 4.79 Å². The maximum Gasteiger partial charge on any atom is 0.336 e. The molecule has 1 unspecified atom stereocenters. The van der Waals surface area contributed by atoms with Gasteiger partial charge in [-0.05, 0) is 17.7 Å². The number of aromatic hydroxyl groups is 2. The lowest BCUT2D eigenvalue weighted by atomic mass is 9.95. The summed E-state index contributed by atoms with van der Waals surface area (Å²) in [5.74, 6) is -3.69. The van der Waals surface area contributed by atoms with Crippen LogP contribution in [-0.2, 0) is 9.59 Å². The maximum absolute atomic E-state index is 10.9. The number of phenolic OH excluding ortho intramolecular Hbond substituents is 2. The summed E-state index contributed by atoms with van der Waals surface area (Å²) in [7, 11) is 0. The van der Waals surface area contributed by atoms with Gasteiger partial charge in [0.1, 0.15) is 0 Å².